The van der Waals surface area contributed by atoms with Crippen molar-refractivity contribution in [3.05, 3.63) is 59.8 Å². The van der Waals surface area contributed by atoms with Crippen LogP contribution in [0.4, 0.5) is 0 Å². The Morgan fingerprint density at radius 2 is 1.84 bits per heavy atom. The van der Waals surface area contributed by atoms with Gasteiger partial charge in [0.25, 0.3) is 0 Å². The maximum Gasteiger partial charge on any atom is 0.309 e. The largest absolute Gasteiger partial charge is 0.473 e. The quantitative estimate of drug-likeness (QED) is 0.772. The molecule has 98 valence electrons. The van der Waals surface area contributed by atoms with Crippen LogP contribution in [0, 0.1) is 0 Å². The van der Waals surface area contributed by atoms with Crippen LogP contribution in [-0.4, -0.2) is 18.1 Å². The number of esters is 1. The Balaban J connectivity index is 1.90. The molecule has 0 unspecified atom stereocenters. The molecule has 0 atom stereocenters. The third-order valence-corrected chi connectivity index (χ3v) is 2.62. The van der Waals surface area contributed by atoms with E-state index in [-0.39, 0.29) is 12.4 Å². The highest BCUT2D eigenvalue weighted by molar-refractivity contribution is 5.72. The normalized spacial score (nSPS) is 9.95. The molecular weight excluding hydrogens is 242 g/mol. The summed E-state index contributed by atoms with van der Waals surface area (Å²) in [6, 6.07) is 13.2. The first-order valence-electron chi connectivity index (χ1n) is 5.96. The van der Waals surface area contributed by atoms with Gasteiger partial charge in [0, 0.05) is 12.3 Å². The molecule has 0 spiro atoms. The third-order valence-electron chi connectivity index (χ3n) is 2.62. The molecule has 1 aromatic heterocycles. The molecule has 19 heavy (non-hydrogen) atoms. The SMILES string of the molecule is COC(=O)Cc1ccc(COc2ccccn2)cc1. The van der Waals surface area contributed by atoms with Crippen LogP contribution >= 0.6 is 0 Å². The van der Waals surface area contributed by atoms with E-state index in [0.29, 0.717) is 12.5 Å². The second-order valence-corrected chi connectivity index (χ2v) is 4.03. The number of aromatic nitrogens is 1. The van der Waals surface area contributed by atoms with Crippen molar-refractivity contribution < 1.29 is 14.3 Å². The molecule has 0 aliphatic rings. The van der Waals surface area contributed by atoms with E-state index in [0.717, 1.165) is 11.1 Å². The highest BCUT2D eigenvalue weighted by Gasteiger charge is 2.03. The van der Waals surface area contributed by atoms with E-state index in [1.807, 2.05) is 42.5 Å². The fourth-order valence-corrected chi connectivity index (χ4v) is 1.58. The van der Waals surface area contributed by atoms with Gasteiger partial charge in [-0.2, -0.15) is 0 Å². The summed E-state index contributed by atoms with van der Waals surface area (Å²) in [4.78, 5) is 15.2. The van der Waals surface area contributed by atoms with Gasteiger partial charge in [0.1, 0.15) is 6.61 Å². The minimum Gasteiger partial charge on any atom is -0.473 e. The summed E-state index contributed by atoms with van der Waals surface area (Å²) >= 11 is 0. The van der Waals surface area contributed by atoms with E-state index in [9.17, 15) is 4.79 Å². The summed E-state index contributed by atoms with van der Waals surface area (Å²) in [5.41, 5.74) is 1.95. The summed E-state index contributed by atoms with van der Waals surface area (Å²) in [5.74, 6) is 0.360. The maximum absolute atomic E-state index is 11.1. The Kier molecular flexibility index (Phi) is 4.50. The number of pyridine rings is 1. The van der Waals surface area contributed by atoms with Crippen molar-refractivity contribution in [3.8, 4) is 5.88 Å². The highest BCUT2D eigenvalue weighted by Crippen LogP contribution is 2.10. The first-order valence-corrected chi connectivity index (χ1v) is 5.96. The van der Waals surface area contributed by atoms with E-state index in [1.54, 1.807) is 6.20 Å². The molecule has 1 heterocycles. The smallest absolute Gasteiger partial charge is 0.309 e. The molecular formula is C15H15NO3. The lowest BCUT2D eigenvalue weighted by Gasteiger charge is -2.06. The Labute approximate surface area is 112 Å². The van der Waals surface area contributed by atoms with Gasteiger partial charge in [0.15, 0.2) is 0 Å². The fourth-order valence-electron chi connectivity index (χ4n) is 1.58. The second kappa shape index (κ2) is 6.54. The minimum atomic E-state index is -0.238. The van der Waals surface area contributed by atoms with Gasteiger partial charge in [-0.1, -0.05) is 30.3 Å². The predicted molar refractivity (Wildman–Crippen MR) is 70.7 cm³/mol. The standard InChI is InChI=1S/C15H15NO3/c1-18-15(17)10-12-5-7-13(8-6-12)11-19-14-4-2-3-9-16-14/h2-9H,10-11H2,1H3. The molecule has 4 nitrogen and oxygen atoms in total. The summed E-state index contributed by atoms with van der Waals surface area (Å²) in [5, 5.41) is 0. The number of ether oxygens (including phenoxy) is 2. The number of hydrogen-bond acceptors (Lipinski definition) is 4. The van der Waals surface area contributed by atoms with E-state index in [4.69, 9.17) is 4.74 Å². The zero-order valence-corrected chi connectivity index (χ0v) is 10.7. The molecule has 0 bridgehead atoms. The van der Waals surface area contributed by atoms with Crippen molar-refractivity contribution in [3.63, 3.8) is 0 Å². The maximum atomic E-state index is 11.1. The molecule has 1 aromatic carbocycles. The van der Waals surface area contributed by atoms with E-state index >= 15 is 0 Å². The van der Waals surface area contributed by atoms with Gasteiger partial charge in [-0.15, -0.1) is 0 Å². The average Bonchev–Trinajstić information content (AvgIpc) is 2.47. The number of methoxy groups -OCH3 is 1. The lowest BCUT2D eigenvalue weighted by Crippen LogP contribution is -2.04. The third kappa shape index (κ3) is 4.10. The van der Waals surface area contributed by atoms with Crippen LogP contribution in [0.5, 0.6) is 5.88 Å². The zero-order chi connectivity index (χ0) is 13.5. The second-order valence-electron chi connectivity index (χ2n) is 4.03. The first-order chi connectivity index (χ1) is 9.28. The van der Waals surface area contributed by atoms with Crippen LogP contribution in [-0.2, 0) is 22.6 Å². The van der Waals surface area contributed by atoms with E-state index in [2.05, 4.69) is 9.72 Å². The molecule has 0 amide bonds. The van der Waals surface area contributed by atoms with Gasteiger partial charge in [0.2, 0.25) is 5.88 Å². The van der Waals surface area contributed by atoms with Crippen LogP contribution in [0.15, 0.2) is 48.7 Å². The van der Waals surface area contributed by atoms with Crippen molar-refractivity contribution in [2.75, 3.05) is 7.11 Å². The monoisotopic (exact) mass is 257 g/mol. The van der Waals surface area contributed by atoms with Gasteiger partial charge in [0.05, 0.1) is 13.5 Å². The van der Waals surface area contributed by atoms with Gasteiger partial charge >= 0.3 is 5.97 Å². The molecule has 0 aliphatic carbocycles. The van der Waals surface area contributed by atoms with Crippen LogP contribution in [0.1, 0.15) is 11.1 Å². The topological polar surface area (TPSA) is 48.4 Å². The van der Waals surface area contributed by atoms with Crippen molar-refractivity contribution in [2.24, 2.45) is 0 Å². The van der Waals surface area contributed by atoms with E-state index < -0.39 is 0 Å². The highest BCUT2D eigenvalue weighted by atomic mass is 16.5. The molecule has 0 fully saturated rings. The minimum absolute atomic E-state index is 0.238. The van der Waals surface area contributed by atoms with Crippen molar-refractivity contribution in [2.45, 2.75) is 13.0 Å². The number of hydrogen-bond donors (Lipinski definition) is 0. The Morgan fingerprint density at radius 3 is 2.47 bits per heavy atom. The molecule has 2 rings (SSSR count). The average molecular weight is 257 g/mol. The number of benzene rings is 1. The van der Waals surface area contributed by atoms with Crippen molar-refractivity contribution >= 4 is 5.97 Å². The van der Waals surface area contributed by atoms with Gasteiger partial charge in [-0.3, -0.25) is 4.79 Å². The van der Waals surface area contributed by atoms with Crippen LogP contribution in [0.2, 0.25) is 0 Å². The number of nitrogens with zero attached hydrogens (tertiary/aromatic N) is 1. The van der Waals surface area contributed by atoms with Gasteiger partial charge < -0.3 is 9.47 Å². The molecule has 0 N–H and O–H groups in total. The molecule has 0 aliphatic heterocycles. The van der Waals surface area contributed by atoms with Crippen molar-refractivity contribution in [1.29, 1.82) is 0 Å². The summed E-state index contributed by atoms with van der Waals surface area (Å²) < 4.78 is 10.1. The summed E-state index contributed by atoms with van der Waals surface area (Å²) in [6.07, 6.45) is 1.98. The predicted octanol–water partition coefficient (Wildman–Crippen LogP) is 2.38. The Bertz CT molecular complexity index is 523. The van der Waals surface area contributed by atoms with Crippen LogP contribution in [0.25, 0.3) is 0 Å². The molecule has 0 saturated carbocycles. The first kappa shape index (κ1) is 13.1. The lowest BCUT2D eigenvalue weighted by molar-refractivity contribution is -0.139. The molecule has 0 radical (unpaired) electrons. The molecule has 0 saturated heterocycles. The van der Waals surface area contributed by atoms with Crippen LogP contribution in [0.3, 0.4) is 0 Å². The molecule has 2 aromatic rings. The summed E-state index contributed by atoms with van der Waals surface area (Å²) in [6.45, 7) is 0.454. The van der Waals surface area contributed by atoms with Gasteiger partial charge in [-0.05, 0) is 17.2 Å². The molecule has 4 heteroatoms. The van der Waals surface area contributed by atoms with E-state index in [1.165, 1.54) is 7.11 Å². The Morgan fingerprint density at radius 1 is 1.11 bits per heavy atom. The van der Waals surface area contributed by atoms with Crippen molar-refractivity contribution in [1.82, 2.24) is 4.98 Å². The number of carbonyl (C=O) groups is 1. The van der Waals surface area contributed by atoms with Gasteiger partial charge in [-0.25, -0.2) is 4.98 Å². The number of carbonyl (C=O) groups excluding carboxylic acids is 1. The lowest BCUT2D eigenvalue weighted by atomic mass is 10.1. The summed E-state index contributed by atoms with van der Waals surface area (Å²) in [7, 11) is 1.39. The fraction of sp³-hybridized carbons (Fsp3) is 0.200. The number of rotatable bonds is 5. The van der Waals surface area contributed by atoms with Crippen LogP contribution < -0.4 is 4.74 Å². The Hall–Kier alpha value is -2.36. The zero-order valence-electron chi connectivity index (χ0n) is 10.7.